The van der Waals surface area contributed by atoms with Gasteiger partial charge < -0.3 is 24.5 Å². The van der Waals surface area contributed by atoms with Crippen molar-refractivity contribution in [3.8, 4) is 0 Å². The number of β-amino-alcohol motifs (C(OH)–C–C–N with tert-alkyl or cyclic N) is 1. The van der Waals surface area contributed by atoms with Gasteiger partial charge in [-0.25, -0.2) is 0 Å². The highest BCUT2D eigenvalue weighted by Crippen LogP contribution is 2.63. The molecule has 5 atom stereocenters. The molecule has 0 radical (unpaired) electrons. The molecular formula is C28H36ClN3O5. The number of aliphatic hydroxyl groups is 1. The summed E-state index contributed by atoms with van der Waals surface area (Å²) in [5.41, 5.74) is -1.55. The average Bonchev–Trinajstić information content (AvgIpc) is 3.43. The van der Waals surface area contributed by atoms with Gasteiger partial charge in [0.05, 0.1) is 34.8 Å². The number of rotatable bonds is 11. The van der Waals surface area contributed by atoms with E-state index in [0.717, 1.165) is 6.42 Å². The van der Waals surface area contributed by atoms with Gasteiger partial charge in [0.1, 0.15) is 11.6 Å². The summed E-state index contributed by atoms with van der Waals surface area (Å²) in [5.74, 6) is -2.41. The third-order valence-electron chi connectivity index (χ3n) is 7.99. The number of halogens is 1. The number of fused-ring (bicyclic) bond motifs is 1. The lowest BCUT2D eigenvalue weighted by molar-refractivity contribution is -0.149. The Morgan fingerprint density at radius 1 is 1.22 bits per heavy atom. The summed E-state index contributed by atoms with van der Waals surface area (Å²) >= 11 is 6.46. The summed E-state index contributed by atoms with van der Waals surface area (Å²) in [6, 6.07) is 5.99. The summed E-state index contributed by atoms with van der Waals surface area (Å²) in [4.78, 5) is 46.8. The van der Waals surface area contributed by atoms with Gasteiger partial charge in [0.25, 0.3) is 5.91 Å². The van der Waals surface area contributed by atoms with E-state index in [4.69, 9.17) is 16.3 Å². The van der Waals surface area contributed by atoms with E-state index in [1.54, 1.807) is 41.3 Å². The molecule has 3 aliphatic rings. The minimum absolute atomic E-state index is 0.0374. The van der Waals surface area contributed by atoms with Crippen molar-refractivity contribution in [3.05, 3.63) is 54.6 Å². The van der Waals surface area contributed by atoms with E-state index in [0.29, 0.717) is 36.6 Å². The lowest BCUT2D eigenvalue weighted by atomic mass is 9.66. The number of hydrogen-bond donors (Lipinski definition) is 1. The first-order valence-corrected chi connectivity index (χ1v) is 13.3. The molecular weight excluding hydrogens is 494 g/mol. The van der Waals surface area contributed by atoms with Gasteiger partial charge in [0.15, 0.2) is 0 Å². The Labute approximate surface area is 223 Å². The zero-order valence-corrected chi connectivity index (χ0v) is 22.3. The topological polar surface area (TPSA) is 90.4 Å². The molecule has 3 saturated heterocycles. The highest BCUT2D eigenvalue weighted by Gasteiger charge is 2.78. The molecule has 2 bridgehead atoms. The van der Waals surface area contributed by atoms with Gasteiger partial charge in [-0.1, -0.05) is 42.8 Å². The van der Waals surface area contributed by atoms with Gasteiger partial charge in [-0.05, 0) is 38.3 Å². The average molecular weight is 530 g/mol. The van der Waals surface area contributed by atoms with Crippen molar-refractivity contribution in [2.75, 3.05) is 37.7 Å². The smallest absolute Gasteiger partial charge is 0.253 e. The molecule has 37 heavy (non-hydrogen) atoms. The standard InChI is InChI=1S/C28H36ClN3O5/c1-5-14-30(15-6-2)24(34)21-22-25(35)32(17-18-33)23(28(22)13-12-27(21,4)37-28)26(36)31(16-7-3)20-11-9-8-10-19(20)29/h5,7-11,21-23,33H,1,3,6,12-18H2,2,4H3/t21-,22+,23?,27+,28?/m1/s1. The number of amides is 3. The second kappa shape index (κ2) is 10.6. The number of carbonyl (C=O) groups excluding carboxylic acids is 3. The zero-order valence-electron chi connectivity index (χ0n) is 21.6. The molecule has 3 aliphatic heterocycles. The highest BCUT2D eigenvalue weighted by atomic mass is 35.5. The summed E-state index contributed by atoms with van der Waals surface area (Å²) < 4.78 is 6.66. The number of anilines is 1. The molecule has 0 aromatic heterocycles. The quantitative estimate of drug-likeness (QED) is 0.445. The number of nitrogens with zero attached hydrogens (tertiary/aromatic N) is 3. The summed E-state index contributed by atoms with van der Waals surface area (Å²) in [6.07, 6.45) is 5.05. The number of hydrogen-bond acceptors (Lipinski definition) is 5. The number of aliphatic hydroxyl groups excluding tert-OH is 1. The monoisotopic (exact) mass is 529 g/mol. The fraction of sp³-hybridized carbons (Fsp3) is 0.536. The maximum Gasteiger partial charge on any atom is 0.253 e. The molecule has 3 heterocycles. The molecule has 1 spiro atoms. The second-order valence-electron chi connectivity index (χ2n) is 10.2. The zero-order chi connectivity index (χ0) is 27.0. The summed E-state index contributed by atoms with van der Waals surface area (Å²) in [6.45, 7) is 12.2. The first-order valence-electron chi connectivity index (χ1n) is 12.9. The van der Waals surface area contributed by atoms with E-state index in [1.165, 1.54) is 9.80 Å². The molecule has 8 nitrogen and oxygen atoms in total. The molecule has 3 fully saturated rings. The third-order valence-corrected chi connectivity index (χ3v) is 8.31. The van der Waals surface area contributed by atoms with Crippen LogP contribution in [0, 0.1) is 11.8 Å². The van der Waals surface area contributed by atoms with Crippen LogP contribution in [0.15, 0.2) is 49.6 Å². The van der Waals surface area contributed by atoms with Gasteiger partial charge in [-0.3, -0.25) is 14.4 Å². The molecule has 0 saturated carbocycles. The lowest BCUT2D eigenvalue weighted by Gasteiger charge is -2.37. The molecule has 200 valence electrons. The molecule has 0 aliphatic carbocycles. The summed E-state index contributed by atoms with van der Waals surface area (Å²) in [7, 11) is 0. The van der Waals surface area contributed by atoms with Gasteiger partial charge in [-0.2, -0.15) is 0 Å². The number of ether oxygens (including phenoxy) is 1. The Bertz CT molecular complexity index is 1100. The minimum atomic E-state index is -1.18. The Hall–Kier alpha value is -2.68. The highest BCUT2D eigenvalue weighted by molar-refractivity contribution is 6.34. The van der Waals surface area contributed by atoms with Crippen LogP contribution in [0.4, 0.5) is 5.69 Å². The van der Waals surface area contributed by atoms with Crippen molar-refractivity contribution >= 4 is 35.0 Å². The van der Waals surface area contributed by atoms with Gasteiger partial charge in [0, 0.05) is 26.2 Å². The maximum absolute atomic E-state index is 14.3. The first kappa shape index (κ1) is 27.4. The number of carbonyl (C=O) groups is 3. The van der Waals surface area contributed by atoms with Gasteiger partial charge in [-0.15, -0.1) is 13.2 Å². The number of para-hydroxylation sites is 1. The molecule has 4 rings (SSSR count). The van der Waals surface area contributed by atoms with Crippen molar-refractivity contribution in [1.82, 2.24) is 9.80 Å². The number of benzene rings is 1. The van der Waals surface area contributed by atoms with E-state index in [1.807, 2.05) is 13.8 Å². The summed E-state index contributed by atoms with van der Waals surface area (Å²) in [5, 5.41) is 10.2. The van der Waals surface area contributed by atoms with Crippen LogP contribution in [-0.4, -0.2) is 82.7 Å². The Balaban J connectivity index is 1.80. The molecule has 1 N–H and O–H groups in total. The second-order valence-corrected chi connectivity index (χ2v) is 10.7. The lowest BCUT2D eigenvalue weighted by Crippen LogP contribution is -2.57. The van der Waals surface area contributed by atoms with Crippen LogP contribution in [0.3, 0.4) is 0 Å². The van der Waals surface area contributed by atoms with Crippen molar-refractivity contribution < 1.29 is 24.2 Å². The van der Waals surface area contributed by atoms with Crippen LogP contribution in [0.5, 0.6) is 0 Å². The van der Waals surface area contributed by atoms with Crippen LogP contribution in [0.1, 0.15) is 33.1 Å². The Morgan fingerprint density at radius 2 is 1.92 bits per heavy atom. The van der Waals surface area contributed by atoms with E-state index in [-0.39, 0.29) is 37.4 Å². The SMILES string of the molecule is C=CCN(CCC)C(=O)[C@H]1[C@H]2C(=O)N(CCO)C(C(=O)N(CC=C)c3ccccc3Cl)C23CC[C@]1(C)O3. The predicted octanol–water partition coefficient (Wildman–Crippen LogP) is 3.04. The molecule has 3 amide bonds. The van der Waals surface area contributed by atoms with Crippen LogP contribution >= 0.6 is 11.6 Å². The molecule has 1 aromatic carbocycles. The normalized spacial score (nSPS) is 29.8. The Kier molecular flexibility index (Phi) is 7.83. The minimum Gasteiger partial charge on any atom is -0.395 e. The third kappa shape index (κ3) is 4.29. The number of likely N-dealkylation sites (tertiary alicyclic amines) is 1. The fourth-order valence-electron chi connectivity index (χ4n) is 6.60. The van der Waals surface area contributed by atoms with Crippen LogP contribution < -0.4 is 4.90 Å². The van der Waals surface area contributed by atoms with Crippen LogP contribution in [0.25, 0.3) is 0 Å². The van der Waals surface area contributed by atoms with Crippen molar-refractivity contribution in [2.45, 2.75) is 50.4 Å². The van der Waals surface area contributed by atoms with Crippen molar-refractivity contribution in [1.29, 1.82) is 0 Å². The first-order chi connectivity index (χ1) is 17.7. The maximum atomic E-state index is 14.3. The Morgan fingerprint density at radius 3 is 2.54 bits per heavy atom. The van der Waals surface area contributed by atoms with Crippen molar-refractivity contribution in [2.24, 2.45) is 11.8 Å². The van der Waals surface area contributed by atoms with Crippen molar-refractivity contribution in [3.63, 3.8) is 0 Å². The predicted molar refractivity (Wildman–Crippen MR) is 142 cm³/mol. The van der Waals surface area contributed by atoms with Gasteiger partial charge >= 0.3 is 0 Å². The molecule has 9 heteroatoms. The van der Waals surface area contributed by atoms with E-state index in [2.05, 4.69) is 13.2 Å². The van der Waals surface area contributed by atoms with Crippen LogP contribution in [-0.2, 0) is 19.1 Å². The molecule has 2 unspecified atom stereocenters. The van der Waals surface area contributed by atoms with E-state index < -0.39 is 29.1 Å². The fourth-order valence-corrected chi connectivity index (χ4v) is 6.84. The van der Waals surface area contributed by atoms with E-state index in [9.17, 15) is 19.5 Å². The largest absolute Gasteiger partial charge is 0.395 e. The van der Waals surface area contributed by atoms with E-state index >= 15 is 0 Å². The van der Waals surface area contributed by atoms with Crippen LogP contribution in [0.2, 0.25) is 5.02 Å². The van der Waals surface area contributed by atoms with Gasteiger partial charge in [0.2, 0.25) is 11.8 Å². The molecule has 1 aromatic rings.